The number of Topliss-reactive ketones (excluding diaryl/α,β-unsaturated/α-hetero) is 1. The van der Waals surface area contributed by atoms with E-state index in [-0.39, 0.29) is 36.0 Å². The molecule has 0 aliphatic carbocycles. The van der Waals surface area contributed by atoms with Gasteiger partial charge in [-0.1, -0.05) is 63.2 Å². The molecular formula is C33H35N5O7. The van der Waals surface area contributed by atoms with Crippen molar-refractivity contribution in [1.29, 1.82) is 0 Å². The highest BCUT2D eigenvalue weighted by molar-refractivity contribution is 6.13. The standard InChI is InChI=1S/C33H35N5O7/c1-20-10-5-6-13-23(20)27(39)19-37-25-14-7-8-15-26(25)38(31(44)33(2,3)4)18-24(30(37)43)36-32(45)35-22-12-9-11-21(16-22)29(42)34-17-28(40)41/h5-16,24H,17-19H2,1-4H3,(H,34,42)(H,40,41)(H2,35,36,45). The Hall–Kier alpha value is -5.52. The number of rotatable bonds is 8. The third kappa shape index (κ3) is 7.71. The van der Waals surface area contributed by atoms with Gasteiger partial charge in [0.25, 0.3) is 11.8 Å². The fraction of sp³-hybridized carbons (Fsp3) is 0.273. The Morgan fingerprint density at radius 1 is 0.911 bits per heavy atom. The molecule has 1 aliphatic heterocycles. The fourth-order valence-corrected chi connectivity index (χ4v) is 4.89. The van der Waals surface area contributed by atoms with Gasteiger partial charge >= 0.3 is 12.0 Å². The number of hydrogen-bond acceptors (Lipinski definition) is 6. The Morgan fingerprint density at radius 2 is 1.58 bits per heavy atom. The van der Waals surface area contributed by atoms with Crippen molar-refractivity contribution in [1.82, 2.24) is 10.6 Å². The van der Waals surface area contributed by atoms with E-state index in [1.807, 2.05) is 6.07 Å². The number of hydrogen-bond donors (Lipinski definition) is 4. The summed E-state index contributed by atoms with van der Waals surface area (Å²) in [6.07, 6.45) is 0. The molecule has 0 bridgehead atoms. The van der Waals surface area contributed by atoms with E-state index in [4.69, 9.17) is 5.11 Å². The summed E-state index contributed by atoms with van der Waals surface area (Å²) >= 11 is 0. The molecule has 1 atom stereocenters. The Kier molecular flexibility index (Phi) is 9.66. The van der Waals surface area contributed by atoms with Gasteiger partial charge < -0.3 is 30.9 Å². The molecule has 12 heteroatoms. The minimum Gasteiger partial charge on any atom is -0.480 e. The average Bonchev–Trinajstić information content (AvgIpc) is 3.10. The highest BCUT2D eigenvalue weighted by atomic mass is 16.4. The summed E-state index contributed by atoms with van der Waals surface area (Å²) in [5.74, 6) is -3.05. The number of benzene rings is 3. The average molecular weight is 614 g/mol. The summed E-state index contributed by atoms with van der Waals surface area (Å²) in [5, 5.41) is 16.3. The number of carboxylic acids is 1. The van der Waals surface area contributed by atoms with Crippen LogP contribution in [0.1, 0.15) is 47.1 Å². The lowest BCUT2D eigenvalue weighted by Gasteiger charge is -2.30. The number of fused-ring (bicyclic) bond motifs is 1. The second kappa shape index (κ2) is 13.4. The van der Waals surface area contributed by atoms with E-state index in [0.717, 1.165) is 5.56 Å². The molecule has 1 unspecified atom stereocenters. The molecule has 5 amide bonds. The third-order valence-electron chi connectivity index (χ3n) is 7.11. The molecule has 45 heavy (non-hydrogen) atoms. The van der Waals surface area contributed by atoms with Gasteiger partial charge in [0.2, 0.25) is 5.91 Å². The largest absolute Gasteiger partial charge is 0.480 e. The molecule has 4 N–H and O–H groups in total. The monoisotopic (exact) mass is 613 g/mol. The molecule has 0 radical (unpaired) electrons. The second-order valence-electron chi connectivity index (χ2n) is 11.6. The van der Waals surface area contributed by atoms with Gasteiger partial charge in [0.15, 0.2) is 5.78 Å². The molecule has 3 aromatic rings. The Balaban J connectivity index is 1.65. The molecular weight excluding hydrogens is 578 g/mol. The van der Waals surface area contributed by atoms with Crippen LogP contribution in [0.25, 0.3) is 0 Å². The van der Waals surface area contributed by atoms with Crippen LogP contribution < -0.4 is 25.8 Å². The maximum atomic E-state index is 14.1. The number of urea groups is 1. The van der Waals surface area contributed by atoms with Gasteiger partial charge in [-0.2, -0.15) is 0 Å². The molecule has 0 fully saturated rings. The SMILES string of the molecule is Cc1ccccc1C(=O)CN1C(=O)C(NC(=O)Nc2cccc(C(=O)NCC(=O)O)c2)CN(C(=O)C(C)(C)C)c2ccccc21. The van der Waals surface area contributed by atoms with Crippen LogP contribution in [-0.2, 0) is 14.4 Å². The zero-order valence-corrected chi connectivity index (χ0v) is 25.4. The van der Waals surface area contributed by atoms with Crippen molar-refractivity contribution in [3.05, 3.63) is 89.5 Å². The van der Waals surface area contributed by atoms with Crippen LogP contribution >= 0.6 is 0 Å². The summed E-state index contributed by atoms with van der Waals surface area (Å²) < 4.78 is 0. The zero-order valence-electron chi connectivity index (χ0n) is 25.4. The summed E-state index contributed by atoms with van der Waals surface area (Å²) in [6.45, 7) is 5.94. The van der Waals surface area contributed by atoms with Crippen molar-refractivity contribution >= 4 is 52.6 Å². The number of ketones is 1. The lowest BCUT2D eigenvalue weighted by Crippen LogP contribution is -2.55. The molecule has 0 spiro atoms. The predicted molar refractivity (Wildman–Crippen MR) is 168 cm³/mol. The van der Waals surface area contributed by atoms with E-state index in [2.05, 4.69) is 16.0 Å². The molecule has 0 saturated heterocycles. The van der Waals surface area contributed by atoms with Gasteiger partial charge in [-0.3, -0.25) is 24.0 Å². The van der Waals surface area contributed by atoms with E-state index in [9.17, 15) is 28.8 Å². The van der Waals surface area contributed by atoms with Crippen LogP contribution in [0.2, 0.25) is 0 Å². The zero-order chi connectivity index (χ0) is 32.9. The molecule has 234 valence electrons. The first kappa shape index (κ1) is 32.4. The summed E-state index contributed by atoms with van der Waals surface area (Å²) in [6, 6.07) is 17.6. The predicted octanol–water partition coefficient (Wildman–Crippen LogP) is 3.61. The van der Waals surface area contributed by atoms with Crippen molar-refractivity contribution in [2.75, 3.05) is 34.8 Å². The van der Waals surface area contributed by atoms with Gasteiger partial charge in [-0.25, -0.2) is 4.79 Å². The molecule has 0 aromatic heterocycles. The Bertz CT molecular complexity index is 1660. The second-order valence-corrected chi connectivity index (χ2v) is 11.6. The number of nitrogens with zero attached hydrogens (tertiary/aromatic N) is 2. The van der Waals surface area contributed by atoms with Gasteiger partial charge in [0.1, 0.15) is 12.6 Å². The van der Waals surface area contributed by atoms with E-state index in [0.29, 0.717) is 16.9 Å². The smallest absolute Gasteiger partial charge is 0.322 e. The molecule has 4 rings (SSSR count). The van der Waals surface area contributed by atoms with E-state index in [1.165, 1.54) is 34.1 Å². The topological polar surface area (TPSA) is 165 Å². The molecule has 12 nitrogen and oxygen atoms in total. The number of amides is 5. The van der Waals surface area contributed by atoms with E-state index < -0.39 is 41.8 Å². The Labute approximate surface area is 260 Å². The number of carboxylic acid groups (broad SMARTS) is 1. The van der Waals surface area contributed by atoms with Gasteiger partial charge in [-0.05, 0) is 42.8 Å². The van der Waals surface area contributed by atoms with Crippen molar-refractivity contribution in [2.24, 2.45) is 5.41 Å². The van der Waals surface area contributed by atoms with Crippen molar-refractivity contribution in [2.45, 2.75) is 33.7 Å². The van der Waals surface area contributed by atoms with Crippen molar-refractivity contribution in [3.8, 4) is 0 Å². The first-order valence-electron chi connectivity index (χ1n) is 14.2. The highest BCUT2D eigenvalue weighted by Gasteiger charge is 2.40. The number of carbonyl (C=O) groups is 6. The molecule has 0 saturated carbocycles. The minimum absolute atomic E-state index is 0.109. The van der Waals surface area contributed by atoms with Gasteiger partial charge in [0.05, 0.1) is 24.5 Å². The van der Waals surface area contributed by atoms with Crippen molar-refractivity contribution < 1.29 is 33.9 Å². The van der Waals surface area contributed by atoms with E-state index in [1.54, 1.807) is 70.2 Å². The maximum absolute atomic E-state index is 14.1. The number of carbonyl (C=O) groups excluding carboxylic acids is 5. The number of anilines is 3. The van der Waals surface area contributed by atoms with Crippen LogP contribution in [0, 0.1) is 12.3 Å². The minimum atomic E-state index is -1.25. The summed E-state index contributed by atoms with van der Waals surface area (Å²) in [5.41, 5.74) is 1.45. The Morgan fingerprint density at radius 3 is 2.24 bits per heavy atom. The number of aryl methyl sites for hydroxylation is 1. The summed E-state index contributed by atoms with van der Waals surface area (Å²) in [4.78, 5) is 80.4. The first-order chi connectivity index (χ1) is 21.3. The fourth-order valence-electron chi connectivity index (χ4n) is 4.89. The normalized spacial score (nSPS) is 14.6. The molecule has 1 aliphatic rings. The lowest BCUT2D eigenvalue weighted by molar-refractivity contribution is -0.135. The van der Waals surface area contributed by atoms with Crippen molar-refractivity contribution in [3.63, 3.8) is 0 Å². The van der Waals surface area contributed by atoms with Crippen LogP contribution in [-0.4, -0.2) is 66.3 Å². The summed E-state index contributed by atoms with van der Waals surface area (Å²) in [7, 11) is 0. The van der Waals surface area contributed by atoms with Gasteiger partial charge in [-0.15, -0.1) is 0 Å². The van der Waals surface area contributed by atoms with Gasteiger partial charge in [0, 0.05) is 22.2 Å². The number of para-hydroxylation sites is 2. The number of aliphatic carboxylic acids is 1. The third-order valence-corrected chi connectivity index (χ3v) is 7.11. The van der Waals surface area contributed by atoms with Crippen LogP contribution in [0.15, 0.2) is 72.8 Å². The maximum Gasteiger partial charge on any atom is 0.322 e. The number of nitrogens with one attached hydrogen (secondary N) is 3. The van der Waals surface area contributed by atoms with E-state index >= 15 is 0 Å². The molecule has 3 aromatic carbocycles. The highest BCUT2D eigenvalue weighted by Crippen LogP contribution is 2.35. The lowest BCUT2D eigenvalue weighted by atomic mass is 9.94. The first-order valence-corrected chi connectivity index (χ1v) is 14.2. The quantitative estimate of drug-likeness (QED) is 0.282. The van der Waals surface area contributed by atoms with Crippen LogP contribution in [0.3, 0.4) is 0 Å². The van der Waals surface area contributed by atoms with Crippen LogP contribution in [0.4, 0.5) is 21.9 Å². The molecule has 1 heterocycles. The van der Waals surface area contributed by atoms with Crippen LogP contribution in [0.5, 0.6) is 0 Å².